The van der Waals surface area contributed by atoms with Crippen LogP contribution < -0.4 is 5.32 Å². The van der Waals surface area contributed by atoms with E-state index < -0.39 is 23.7 Å². The Morgan fingerprint density at radius 3 is 2.42 bits per heavy atom. The Balaban J connectivity index is 4.14. The molecule has 0 saturated heterocycles. The lowest BCUT2D eigenvalue weighted by molar-refractivity contribution is -0.135. The van der Waals surface area contributed by atoms with Crippen molar-refractivity contribution in [3.05, 3.63) is 24.8 Å². The summed E-state index contributed by atoms with van der Waals surface area (Å²) in [6, 6.07) is 0. The predicted molar refractivity (Wildman–Crippen MR) is 40.0 cm³/mol. The monoisotopic (exact) mass is 173 g/mol. The van der Waals surface area contributed by atoms with Gasteiger partial charge in [0.05, 0.1) is 0 Å². The van der Waals surface area contributed by atoms with Gasteiger partial charge in [0.15, 0.2) is 6.30 Å². The van der Waals surface area contributed by atoms with E-state index in [0.717, 1.165) is 6.08 Å². The van der Waals surface area contributed by atoms with Crippen LogP contribution in [0.15, 0.2) is 24.8 Å². The summed E-state index contributed by atoms with van der Waals surface area (Å²) in [4.78, 5) is 20.8. The van der Waals surface area contributed by atoms with Gasteiger partial charge in [0.1, 0.15) is 5.57 Å². The topological polar surface area (TPSA) is 66.4 Å². The zero-order valence-electron chi connectivity index (χ0n) is 6.21. The highest BCUT2D eigenvalue weighted by Gasteiger charge is 2.15. The summed E-state index contributed by atoms with van der Waals surface area (Å²) < 4.78 is 12.3. The molecule has 12 heavy (non-hydrogen) atoms. The Kier molecular flexibility index (Phi) is 3.69. The number of aliphatic carboxylic acids is 1. The van der Waals surface area contributed by atoms with Crippen molar-refractivity contribution in [3.63, 3.8) is 0 Å². The zero-order valence-corrected chi connectivity index (χ0v) is 6.21. The van der Waals surface area contributed by atoms with Crippen molar-refractivity contribution >= 4 is 11.9 Å². The fourth-order valence-corrected chi connectivity index (χ4v) is 0.368. The van der Waals surface area contributed by atoms with Crippen molar-refractivity contribution in [2.24, 2.45) is 0 Å². The summed E-state index contributed by atoms with van der Waals surface area (Å²) in [7, 11) is 0. The molecular formula is C7H8FNO3. The lowest BCUT2D eigenvalue weighted by Crippen LogP contribution is -2.33. The highest BCUT2D eigenvalue weighted by Crippen LogP contribution is 1.93. The maximum absolute atomic E-state index is 12.3. The minimum absolute atomic E-state index is 0.709. The molecule has 0 heterocycles. The lowest BCUT2D eigenvalue weighted by atomic mass is 10.3. The van der Waals surface area contributed by atoms with E-state index in [1.807, 2.05) is 0 Å². The molecule has 1 unspecified atom stereocenters. The van der Waals surface area contributed by atoms with Crippen molar-refractivity contribution in [1.29, 1.82) is 0 Å². The lowest BCUT2D eigenvalue weighted by Gasteiger charge is -2.04. The second-order valence-corrected chi connectivity index (χ2v) is 1.89. The van der Waals surface area contributed by atoms with E-state index in [9.17, 15) is 14.0 Å². The molecule has 0 saturated carbocycles. The quantitative estimate of drug-likeness (QED) is 0.210. The average Bonchev–Trinajstić information content (AvgIpc) is 2.02. The van der Waals surface area contributed by atoms with E-state index >= 15 is 0 Å². The van der Waals surface area contributed by atoms with Crippen molar-refractivity contribution < 1.29 is 19.1 Å². The summed E-state index contributed by atoms with van der Waals surface area (Å²) in [6.07, 6.45) is -0.930. The van der Waals surface area contributed by atoms with Gasteiger partial charge in [0.2, 0.25) is 0 Å². The molecule has 0 aliphatic rings. The van der Waals surface area contributed by atoms with E-state index in [1.54, 1.807) is 5.32 Å². The van der Waals surface area contributed by atoms with Crippen LogP contribution >= 0.6 is 0 Å². The van der Waals surface area contributed by atoms with Crippen LogP contribution in [0.5, 0.6) is 0 Å². The smallest absolute Gasteiger partial charge is 0.340 e. The van der Waals surface area contributed by atoms with E-state index in [0.29, 0.717) is 0 Å². The van der Waals surface area contributed by atoms with Crippen LogP contribution in [0.25, 0.3) is 0 Å². The molecule has 0 fully saturated rings. The Morgan fingerprint density at radius 1 is 1.58 bits per heavy atom. The third kappa shape index (κ3) is 2.96. The van der Waals surface area contributed by atoms with E-state index in [2.05, 4.69) is 13.2 Å². The molecule has 4 nitrogen and oxygen atoms in total. The van der Waals surface area contributed by atoms with Gasteiger partial charge in [0.25, 0.3) is 5.91 Å². The number of halogens is 1. The van der Waals surface area contributed by atoms with Crippen LogP contribution in [0.3, 0.4) is 0 Å². The van der Waals surface area contributed by atoms with Gasteiger partial charge >= 0.3 is 5.97 Å². The van der Waals surface area contributed by atoms with Crippen molar-refractivity contribution in [3.8, 4) is 0 Å². The first kappa shape index (κ1) is 10.3. The first-order valence-electron chi connectivity index (χ1n) is 2.98. The van der Waals surface area contributed by atoms with Gasteiger partial charge in [-0.1, -0.05) is 13.2 Å². The molecule has 0 rings (SSSR count). The molecule has 0 spiro atoms. The van der Waals surface area contributed by atoms with Crippen LogP contribution in [-0.2, 0) is 9.59 Å². The van der Waals surface area contributed by atoms with Gasteiger partial charge in [0, 0.05) is 0 Å². The number of carboxylic acids is 1. The zero-order chi connectivity index (χ0) is 9.72. The van der Waals surface area contributed by atoms with Crippen LogP contribution in [0.4, 0.5) is 4.39 Å². The molecule has 0 aromatic carbocycles. The summed E-state index contributed by atoms with van der Waals surface area (Å²) in [5.74, 6) is -2.54. The van der Waals surface area contributed by atoms with Gasteiger partial charge in [-0.3, -0.25) is 4.79 Å². The van der Waals surface area contributed by atoms with Gasteiger partial charge < -0.3 is 10.4 Å². The summed E-state index contributed by atoms with van der Waals surface area (Å²) >= 11 is 0. The van der Waals surface area contributed by atoms with E-state index in [1.165, 1.54) is 0 Å². The minimum atomic E-state index is -1.76. The Hall–Kier alpha value is -1.65. The highest BCUT2D eigenvalue weighted by molar-refractivity contribution is 6.15. The first-order valence-corrected chi connectivity index (χ1v) is 2.98. The Labute approximate surface area is 68.4 Å². The number of carboxylic acid groups (broad SMARTS) is 1. The van der Waals surface area contributed by atoms with Crippen molar-refractivity contribution in [2.45, 2.75) is 6.30 Å². The van der Waals surface area contributed by atoms with Gasteiger partial charge in [-0.15, -0.1) is 0 Å². The first-order chi connectivity index (χ1) is 5.49. The van der Waals surface area contributed by atoms with Crippen molar-refractivity contribution in [2.75, 3.05) is 0 Å². The molecule has 1 atom stereocenters. The second-order valence-electron chi connectivity index (χ2n) is 1.89. The number of amides is 1. The van der Waals surface area contributed by atoms with Crippen LogP contribution in [0.1, 0.15) is 0 Å². The molecule has 2 N–H and O–H groups in total. The maximum atomic E-state index is 12.3. The molecule has 5 heteroatoms. The molecule has 0 aromatic heterocycles. The fraction of sp³-hybridized carbons (Fsp3) is 0.143. The summed E-state index contributed by atoms with van der Waals surface area (Å²) in [5.41, 5.74) is -0.709. The number of rotatable bonds is 4. The maximum Gasteiger partial charge on any atom is 0.340 e. The highest BCUT2D eigenvalue weighted by atomic mass is 19.1. The standard InChI is InChI=1S/C7H8FNO3/c1-3-5(8)9-6(10)4(2)7(11)12/h3,5H,1-2H2,(H,9,10)(H,11,12). The predicted octanol–water partition coefficient (Wildman–Crippen LogP) is 0.225. The normalized spacial score (nSPS) is 11.4. The number of hydrogen-bond acceptors (Lipinski definition) is 2. The van der Waals surface area contributed by atoms with E-state index in [4.69, 9.17) is 5.11 Å². The van der Waals surface area contributed by atoms with Crippen LogP contribution in [0.2, 0.25) is 0 Å². The molecular weight excluding hydrogens is 165 g/mol. The SMILES string of the molecule is C=CC(F)NC(=O)C(=C)C(=O)O. The number of carbonyl (C=O) groups is 2. The molecule has 66 valence electrons. The van der Waals surface area contributed by atoms with Crippen LogP contribution in [-0.4, -0.2) is 23.3 Å². The molecule has 0 aliphatic carbocycles. The van der Waals surface area contributed by atoms with Crippen molar-refractivity contribution in [1.82, 2.24) is 5.32 Å². The third-order valence-electron chi connectivity index (χ3n) is 1.01. The number of carbonyl (C=O) groups excluding carboxylic acids is 1. The third-order valence-corrected chi connectivity index (χ3v) is 1.01. The Morgan fingerprint density at radius 2 is 2.08 bits per heavy atom. The molecule has 1 amide bonds. The summed E-state index contributed by atoms with van der Waals surface area (Å²) in [6.45, 7) is 5.98. The summed E-state index contributed by atoms with van der Waals surface area (Å²) in [5, 5.41) is 9.94. The number of nitrogens with one attached hydrogen (secondary N) is 1. The van der Waals surface area contributed by atoms with Gasteiger partial charge in [-0.25, -0.2) is 9.18 Å². The second kappa shape index (κ2) is 4.27. The number of alkyl halides is 1. The molecule has 0 aliphatic heterocycles. The largest absolute Gasteiger partial charge is 0.478 e. The van der Waals surface area contributed by atoms with Crippen LogP contribution in [0, 0.1) is 0 Å². The molecule has 0 bridgehead atoms. The molecule has 0 aromatic rings. The number of hydrogen-bond donors (Lipinski definition) is 2. The molecule has 0 radical (unpaired) electrons. The average molecular weight is 173 g/mol. The van der Waals surface area contributed by atoms with Gasteiger partial charge in [-0.05, 0) is 6.08 Å². The minimum Gasteiger partial charge on any atom is -0.478 e. The fourth-order valence-electron chi connectivity index (χ4n) is 0.368. The van der Waals surface area contributed by atoms with E-state index in [-0.39, 0.29) is 0 Å². The Bertz CT molecular complexity index is 237. The van der Waals surface area contributed by atoms with Gasteiger partial charge in [-0.2, -0.15) is 0 Å².